The first kappa shape index (κ1) is 8.66. The lowest BCUT2D eigenvalue weighted by molar-refractivity contribution is 1.05. The summed E-state index contributed by atoms with van der Waals surface area (Å²) in [5.74, 6) is 0. The first-order valence-corrected chi connectivity index (χ1v) is 5.09. The van der Waals surface area contributed by atoms with Crippen molar-refractivity contribution in [3.8, 4) is 0 Å². The first-order valence-electron chi connectivity index (χ1n) is 4.28. The molecule has 0 spiro atoms. The summed E-state index contributed by atoms with van der Waals surface area (Å²) < 4.78 is 1.24. The van der Waals surface area contributed by atoms with Crippen molar-refractivity contribution in [2.24, 2.45) is 5.73 Å². The fourth-order valence-corrected chi connectivity index (χ4v) is 2.26. The predicted molar refractivity (Wildman–Crippen MR) is 57.0 cm³/mol. The van der Waals surface area contributed by atoms with Gasteiger partial charge in [-0.15, -0.1) is 11.3 Å². The lowest BCUT2D eigenvalue weighted by Crippen LogP contribution is -1.94. The van der Waals surface area contributed by atoms with E-state index in [-0.39, 0.29) is 0 Å². The molecule has 2 nitrogen and oxygen atoms in total. The summed E-state index contributed by atoms with van der Waals surface area (Å²) >= 11 is 1.68. The second-order valence-corrected chi connectivity index (χ2v) is 4.28. The Labute approximate surface area is 81.4 Å². The number of thiazole rings is 1. The summed E-state index contributed by atoms with van der Waals surface area (Å²) in [6.07, 6.45) is 0. The van der Waals surface area contributed by atoms with Gasteiger partial charge in [0.2, 0.25) is 0 Å². The molecule has 0 radical (unpaired) electrons. The largest absolute Gasteiger partial charge is 0.325 e. The third kappa shape index (κ3) is 1.34. The molecule has 0 saturated heterocycles. The summed E-state index contributed by atoms with van der Waals surface area (Å²) in [5, 5.41) is 1.02. The molecule has 0 saturated carbocycles. The van der Waals surface area contributed by atoms with Gasteiger partial charge >= 0.3 is 0 Å². The van der Waals surface area contributed by atoms with E-state index >= 15 is 0 Å². The highest BCUT2D eigenvalue weighted by atomic mass is 32.1. The van der Waals surface area contributed by atoms with Crippen LogP contribution in [-0.2, 0) is 6.54 Å². The molecular formula is C10H12N2S. The van der Waals surface area contributed by atoms with Crippen LogP contribution in [0.5, 0.6) is 0 Å². The van der Waals surface area contributed by atoms with Crippen LogP contribution in [0.3, 0.4) is 0 Å². The van der Waals surface area contributed by atoms with Crippen LogP contribution in [-0.4, -0.2) is 4.98 Å². The third-order valence-corrected chi connectivity index (χ3v) is 3.35. The van der Waals surface area contributed by atoms with Crippen molar-refractivity contribution in [1.82, 2.24) is 4.98 Å². The molecule has 0 aliphatic carbocycles. The smallest absolute Gasteiger partial charge is 0.107 e. The molecular weight excluding hydrogens is 180 g/mol. The maximum atomic E-state index is 5.55. The van der Waals surface area contributed by atoms with Gasteiger partial charge in [0.05, 0.1) is 10.2 Å². The van der Waals surface area contributed by atoms with Crippen LogP contribution in [0.25, 0.3) is 10.2 Å². The summed E-state index contributed by atoms with van der Waals surface area (Å²) in [6, 6.07) is 4.25. The molecule has 2 N–H and O–H groups in total. The Morgan fingerprint density at radius 3 is 2.85 bits per heavy atom. The molecule has 68 valence electrons. The zero-order valence-electron chi connectivity index (χ0n) is 7.79. The van der Waals surface area contributed by atoms with Crippen LogP contribution in [0.15, 0.2) is 12.1 Å². The van der Waals surface area contributed by atoms with Crippen LogP contribution in [0.4, 0.5) is 0 Å². The third-order valence-electron chi connectivity index (χ3n) is 2.30. The van der Waals surface area contributed by atoms with Gasteiger partial charge in [0.25, 0.3) is 0 Å². The molecule has 0 aliphatic heterocycles. The van der Waals surface area contributed by atoms with E-state index in [0.29, 0.717) is 6.54 Å². The van der Waals surface area contributed by atoms with Crippen LogP contribution in [0.1, 0.15) is 16.1 Å². The Morgan fingerprint density at radius 1 is 1.38 bits per heavy atom. The van der Waals surface area contributed by atoms with E-state index in [1.807, 2.05) is 0 Å². The number of rotatable bonds is 1. The number of fused-ring (bicyclic) bond motifs is 1. The number of hydrogen-bond acceptors (Lipinski definition) is 3. The van der Waals surface area contributed by atoms with E-state index in [1.54, 1.807) is 11.3 Å². The van der Waals surface area contributed by atoms with Crippen LogP contribution in [0.2, 0.25) is 0 Å². The molecule has 1 aromatic heterocycles. The average Bonchev–Trinajstić information content (AvgIpc) is 2.55. The molecule has 1 aromatic carbocycles. The minimum atomic E-state index is 0.540. The standard InChI is InChI=1S/C10H12N2S/c1-6-3-4-8-10(7(6)2)12-9(5-11)13-8/h3-4H,5,11H2,1-2H3. The molecule has 0 atom stereocenters. The Hall–Kier alpha value is -0.930. The van der Waals surface area contributed by atoms with Gasteiger partial charge in [-0.3, -0.25) is 0 Å². The van der Waals surface area contributed by atoms with E-state index in [2.05, 4.69) is 31.0 Å². The van der Waals surface area contributed by atoms with E-state index in [0.717, 1.165) is 10.5 Å². The summed E-state index contributed by atoms with van der Waals surface area (Å²) in [5.41, 5.74) is 9.23. The molecule has 0 fully saturated rings. The van der Waals surface area contributed by atoms with Crippen molar-refractivity contribution in [2.45, 2.75) is 20.4 Å². The van der Waals surface area contributed by atoms with E-state index in [1.165, 1.54) is 15.8 Å². The second kappa shape index (κ2) is 3.09. The minimum absolute atomic E-state index is 0.540. The Morgan fingerprint density at radius 2 is 2.15 bits per heavy atom. The highest BCUT2D eigenvalue weighted by molar-refractivity contribution is 7.18. The second-order valence-electron chi connectivity index (χ2n) is 3.17. The first-order chi connectivity index (χ1) is 6.22. The molecule has 3 heteroatoms. The Balaban J connectivity index is 2.76. The quantitative estimate of drug-likeness (QED) is 0.753. The minimum Gasteiger partial charge on any atom is -0.325 e. The summed E-state index contributed by atoms with van der Waals surface area (Å²) in [4.78, 5) is 4.49. The molecule has 1 heterocycles. The fraction of sp³-hybridized carbons (Fsp3) is 0.300. The Kier molecular flexibility index (Phi) is 2.06. The van der Waals surface area contributed by atoms with Crippen molar-refractivity contribution in [2.75, 3.05) is 0 Å². The van der Waals surface area contributed by atoms with Gasteiger partial charge in [-0.2, -0.15) is 0 Å². The highest BCUT2D eigenvalue weighted by Crippen LogP contribution is 2.26. The van der Waals surface area contributed by atoms with E-state index in [4.69, 9.17) is 5.73 Å². The monoisotopic (exact) mass is 192 g/mol. The van der Waals surface area contributed by atoms with E-state index < -0.39 is 0 Å². The number of nitrogens with two attached hydrogens (primary N) is 1. The lowest BCUT2D eigenvalue weighted by atomic mass is 10.1. The molecule has 0 amide bonds. The normalized spacial score (nSPS) is 11.0. The summed E-state index contributed by atoms with van der Waals surface area (Å²) in [6.45, 7) is 4.76. The van der Waals surface area contributed by atoms with E-state index in [9.17, 15) is 0 Å². The maximum Gasteiger partial charge on any atom is 0.107 e. The van der Waals surface area contributed by atoms with Gasteiger partial charge in [0.1, 0.15) is 5.01 Å². The molecule has 2 aromatic rings. The molecule has 0 bridgehead atoms. The van der Waals surface area contributed by atoms with Crippen molar-refractivity contribution in [3.05, 3.63) is 28.3 Å². The molecule has 0 unspecified atom stereocenters. The zero-order chi connectivity index (χ0) is 9.42. The van der Waals surface area contributed by atoms with Crippen molar-refractivity contribution >= 4 is 21.6 Å². The number of nitrogens with zero attached hydrogens (tertiary/aromatic N) is 1. The van der Waals surface area contributed by atoms with Crippen molar-refractivity contribution in [1.29, 1.82) is 0 Å². The van der Waals surface area contributed by atoms with Gasteiger partial charge in [0.15, 0.2) is 0 Å². The number of hydrogen-bond donors (Lipinski definition) is 1. The fourth-order valence-electron chi connectivity index (χ4n) is 1.36. The predicted octanol–water partition coefficient (Wildman–Crippen LogP) is 2.37. The maximum absolute atomic E-state index is 5.55. The van der Waals surface area contributed by atoms with Gasteiger partial charge in [0, 0.05) is 6.54 Å². The van der Waals surface area contributed by atoms with Gasteiger partial charge < -0.3 is 5.73 Å². The lowest BCUT2D eigenvalue weighted by Gasteiger charge is -1.98. The SMILES string of the molecule is Cc1ccc2sc(CN)nc2c1C. The average molecular weight is 192 g/mol. The van der Waals surface area contributed by atoms with Crippen LogP contribution in [0, 0.1) is 13.8 Å². The molecule has 2 rings (SSSR count). The number of benzene rings is 1. The highest BCUT2D eigenvalue weighted by Gasteiger charge is 2.05. The van der Waals surface area contributed by atoms with Gasteiger partial charge in [-0.05, 0) is 31.0 Å². The van der Waals surface area contributed by atoms with Gasteiger partial charge in [-0.1, -0.05) is 6.07 Å². The number of aromatic nitrogens is 1. The molecule has 0 aliphatic rings. The number of aryl methyl sites for hydroxylation is 2. The van der Waals surface area contributed by atoms with Gasteiger partial charge in [-0.25, -0.2) is 4.98 Å². The Bertz CT molecular complexity index is 445. The summed E-state index contributed by atoms with van der Waals surface area (Å²) in [7, 11) is 0. The molecule has 13 heavy (non-hydrogen) atoms. The van der Waals surface area contributed by atoms with Crippen LogP contribution >= 0.6 is 11.3 Å². The topological polar surface area (TPSA) is 38.9 Å². The zero-order valence-corrected chi connectivity index (χ0v) is 8.61. The van der Waals surface area contributed by atoms with Crippen LogP contribution < -0.4 is 5.73 Å². The van der Waals surface area contributed by atoms with Crippen molar-refractivity contribution in [3.63, 3.8) is 0 Å². The van der Waals surface area contributed by atoms with Crippen molar-refractivity contribution < 1.29 is 0 Å².